The lowest BCUT2D eigenvalue weighted by Gasteiger charge is -2.29. The van der Waals surface area contributed by atoms with Crippen LogP contribution in [-0.4, -0.2) is 26.4 Å². The fourth-order valence-electron chi connectivity index (χ4n) is 3.56. The minimum atomic E-state index is -1.47. The van der Waals surface area contributed by atoms with Crippen molar-refractivity contribution in [2.45, 2.75) is 17.0 Å². The minimum absolute atomic E-state index is 0.0713. The van der Waals surface area contributed by atoms with Crippen LogP contribution in [-0.2, 0) is 12.1 Å². The molecule has 3 aromatic carbocycles. The largest absolute Gasteiger partial charge is 0.395 e. The maximum Gasteiger partial charge on any atom is 0.173 e. The lowest BCUT2D eigenvalue weighted by Crippen LogP contribution is -2.33. The second-order valence-corrected chi connectivity index (χ2v) is 7.23. The summed E-state index contributed by atoms with van der Waals surface area (Å²) in [6.45, 7) is 0.241. The zero-order chi connectivity index (χ0) is 19.6. The van der Waals surface area contributed by atoms with E-state index in [0.29, 0.717) is 23.5 Å². The molecule has 0 saturated carbocycles. The molecule has 0 fully saturated rings. The highest BCUT2D eigenvalue weighted by atomic mass is 32.2. The van der Waals surface area contributed by atoms with Crippen molar-refractivity contribution in [1.29, 1.82) is 0 Å². The first-order valence-corrected chi connectivity index (χ1v) is 9.88. The molecule has 0 aliphatic carbocycles. The van der Waals surface area contributed by atoms with Crippen LogP contribution in [0, 0.1) is 0 Å². The smallest absolute Gasteiger partial charge is 0.173 e. The van der Waals surface area contributed by atoms with Gasteiger partial charge < -0.3 is 14.8 Å². The zero-order valence-electron chi connectivity index (χ0n) is 15.2. The molecule has 0 unspecified atom stereocenters. The molecule has 1 heterocycles. The number of aliphatic hydroxyl groups excluding tert-OH is 1. The van der Waals surface area contributed by atoms with Crippen molar-refractivity contribution in [3.05, 3.63) is 95.8 Å². The minimum Gasteiger partial charge on any atom is -0.395 e. The van der Waals surface area contributed by atoms with E-state index < -0.39 is 5.60 Å². The first-order valence-electron chi connectivity index (χ1n) is 9.00. The van der Waals surface area contributed by atoms with Crippen molar-refractivity contribution < 1.29 is 10.2 Å². The lowest BCUT2D eigenvalue weighted by atomic mass is 9.85. The van der Waals surface area contributed by atoms with Gasteiger partial charge in [0.15, 0.2) is 11.4 Å². The van der Waals surface area contributed by atoms with Gasteiger partial charge in [0.1, 0.15) is 0 Å². The highest BCUT2D eigenvalue weighted by molar-refractivity contribution is 7.97. The Bertz CT molecular complexity index is 1040. The predicted octanol–water partition coefficient (Wildman–Crippen LogP) is 3.28. The van der Waals surface area contributed by atoms with Gasteiger partial charge in [0.2, 0.25) is 0 Å². The standard InChI is InChI=1S/C22H21N3O2S/c23-28-18-11-12-19-20(15-18)25(13-14-26)21(24-19)22(27,16-7-3-1-4-8-16)17-9-5-2-6-10-17/h1-12,15,26-27H,13-14,23H2. The van der Waals surface area contributed by atoms with Crippen molar-refractivity contribution >= 4 is 23.0 Å². The van der Waals surface area contributed by atoms with E-state index in [1.165, 1.54) is 0 Å². The van der Waals surface area contributed by atoms with Gasteiger partial charge in [0.05, 0.1) is 17.6 Å². The highest BCUT2D eigenvalue weighted by Gasteiger charge is 2.38. The number of benzene rings is 3. The van der Waals surface area contributed by atoms with E-state index in [-0.39, 0.29) is 6.61 Å². The normalized spacial score (nSPS) is 11.8. The molecule has 4 rings (SSSR count). The van der Waals surface area contributed by atoms with Crippen LogP contribution in [0.2, 0.25) is 0 Å². The summed E-state index contributed by atoms with van der Waals surface area (Å²) in [5, 5.41) is 27.5. The fourth-order valence-corrected chi connectivity index (χ4v) is 3.89. The molecular weight excluding hydrogens is 370 g/mol. The molecule has 0 aliphatic heterocycles. The third kappa shape index (κ3) is 3.10. The molecule has 5 nitrogen and oxygen atoms in total. The Labute approximate surface area is 167 Å². The van der Waals surface area contributed by atoms with Crippen LogP contribution >= 0.6 is 11.9 Å². The third-order valence-corrected chi connectivity index (χ3v) is 5.41. The van der Waals surface area contributed by atoms with E-state index in [2.05, 4.69) is 0 Å². The Kier molecular flexibility index (Phi) is 5.19. The molecule has 0 aliphatic rings. The molecule has 1 aromatic heterocycles. The number of nitrogens with two attached hydrogens (primary N) is 1. The van der Waals surface area contributed by atoms with Crippen molar-refractivity contribution in [2.75, 3.05) is 6.61 Å². The van der Waals surface area contributed by atoms with Gasteiger partial charge in [0, 0.05) is 11.4 Å². The maximum atomic E-state index is 12.1. The van der Waals surface area contributed by atoms with E-state index >= 15 is 0 Å². The fraction of sp³-hybridized carbons (Fsp3) is 0.136. The van der Waals surface area contributed by atoms with Crippen LogP contribution in [0.5, 0.6) is 0 Å². The van der Waals surface area contributed by atoms with E-state index in [4.69, 9.17) is 10.1 Å². The molecule has 0 bridgehead atoms. The second kappa shape index (κ2) is 7.77. The monoisotopic (exact) mass is 391 g/mol. The average molecular weight is 391 g/mol. The van der Waals surface area contributed by atoms with Crippen LogP contribution in [0.3, 0.4) is 0 Å². The summed E-state index contributed by atoms with van der Waals surface area (Å²) in [6, 6.07) is 24.7. The summed E-state index contributed by atoms with van der Waals surface area (Å²) >= 11 is 1.15. The van der Waals surface area contributed by atoms with Gasteiger partial charge in [-0.25, -0.2) is 4.98 Å². The van der Waals surface area contributed by atoms with E-state index in [0.717, 1.165) is 27.9 Å². The van der Waals surface area contributed by atoms with Crippen molar-refractivity contribution in [3.63, 3.8) is 0 Å². The molecule has 142 valence electrons. The van der Waals surface area contributed by atoms with Crippen molar-refractivity contribution in [1.82, 2.24) is 9.55 Å². The predicted molar refractivity (Wildman–Crippen MR) is 112 cm³/mol. The van der Waals surface area contributed by atoms with E-state index in [9.17, 15) is 10.2 Å². The van der Waals surface area contributed by atoms with Crippen LogP contribution in [0.4, 0.5) is 0 Å². The van der Waals surface area contributed by atoms with Crippen LogP contribution in [0.25, 0.3) is 11.0 Å². The summed E-state index contributed by atoms with van der Waals surface area (Å²) in [5.74, 6) is 0.466. The summed E-state index contributed by atoms with van der Waals surface area (Å²) < 4.78 is 1.87. The van der Waals surface area contributed by atoms with Crippen molar-refractivity contribution in [3.8, 4) is 0 Å². The Morgan fingerprint density at radius 1 is 0.929 bits per heavy atom. The molecule has 0 spiro atoms. The molecule has 0 amide bonds. The summed E-state index contributed by atoms with van der Waals surface area (Å²) in [5.41, 5.74) is 1.52. The first kappa shape index (κ1) is 18.7. The molecule has 4 aromatic rings. The molecule has 6 heteroatoms. The molecular formula is C22H21N3O2S. The van der Waals surface area contributed by atoms with Gasteiger partial charge in [-0.1, -0.05) is 60.7 Å². The summed E-state index contributed by atoms with van der Waals surface area (Å²) in [6.07, 6.45) is 0. The van der Waals surface area contributed by atoms with Gasteiger partial charge in [-0.3, -0.25) is 5.14 Å². The number of fused-ring (bicyclic) bond motifs is 1. The zero-order valence-corrected chi connectivity index (χ0v) is 16.0. The van der Waals surface area contributed by atoms with Crippen molar-refractivity contribution in [2.24, 2.45) is 5.14 Å². The maximum absolute atomic E-state index is 12.1. The van der Waals surface area contributed by atoms with Crippen LogP contribution < -0.4 is 5.14 Å². The highest BCUT2D eigenvalue weighted by Crippen LogP contribution is 2.38. The van der Waals surface area contributed by atoms with Gasteiger partial charge in [-0.15, -0.1) is 0 Å². The quantitative estimate of drug-likeness (QED) is 0.439. The van der Waals surface area contributed by atoms with Gasteiger partial charge >= 0.3 is 0 Å². The molecule has 28 heavy (non-hydrogen) atoms. The first-order chi connectivity index (χ1) is 13.7. The second-order valence-electron chi connectivity index (χ2n) is 6.52. The number of hydrogen-bond acceptors (Lipinski definition) is 5. The average Bonchev–Trinajstić information content (AvgIpc) is 3.13. The molecule has 0 atom stereocenters. The molecule has 0 radical (unpaired) electrons. The van der Waals surface area contributed by atoms with E-state index in [1.807, 2.05) is 83.4 Å². The topological polar surface area (TPSA) is 84.3 Å². The molecule has 0 saturated heterocycles. The number of aromatic nitrogens is 2. The Morgan fingerprint density at radius 2 is 1.54 bits per heavy atom. The number of imidazole rings is 1. The third-order valence-electron chi connectivity index (χ3n) is 4.89. The summed E-state index contributed by atoms with van der Waals surface area (Å²) in [7, 11) is 0. The Morgan fingerprint density at radius 3 is 2.07 bits per heavy atom. The van der Waals surface area contributed by atoms with Gasteiger partial charge in [-0.05, 0) is 41.3 Å². The lowest BCUT2D eigenvalue weighted by molar-refractivity contribution is 0.110. The number of hydrogen-bond donors (Lipinski definition) is 3. The number of rotatable bonds is 6. The Balaban J connectivity index is 2.04. The van der Waals surface area contributed by atoms with Crippen LogP contribution in [0.1, 0.15) is 17.0 Å². The number of aliphatic hydroxyl groups is 2. The summed E-state index contributed by atoms with van der Waals surface area (Å²) in [4.78, 5) is 5.67. The number of nitrogens with zero attached hydrogens (tertiary/aromatic N) is 2. The van der Waals surface area contributed by atoms with Gasteiger partial charge in [-0.2, -0.15) is 0 Å². The van der Waals surface area contributed by atoms with Gasteiger partial charge in [0.25, 0.3) is 0 Å². The SMILES string of the molecule is NSc1ccc2nc(C(O)(c3ccccc3)c3ccccc3)n(CCO)c2c1. The molecule has 4 N–H and O–H groups in total. The van der Waals surface area contributed by atoms with Crippen LogP contribution in [0.15, 0.2) is 83.8 Å². The van der Waals surface area contributed by atoms with E-state index in [1.54, 1.807) is 0 Å². The Hall–Kier alpha value is -2.64.